The van der Waals surface area contributed by atoms with Crippen molar-refractivity contribution in [3.63, 3.8) is 0 Å². The predicted octanol–water partition coefficient (Wildman–Crippen LogP) is 0.838. The molecule has 1 saturated carbocycles. The van der Waals surface area contributed by atoms with Crippen LogP contribution in [0.5, 0.6) is 0 Å². The van der Waals surface area contributed by atoms with Gasteiger partial charge in [0.25, 0.3) is 0 Å². The van der Waals surface area contributed by atoms with Crippen LogP contribution in [0, 0.1) is 5.92 Å². The maximum Gasteiger partial charge on any atom is 0.338 e. The number of epoxide rings is 1. The van der Waals surface area contributed by atoms with Crippen LogP contribution in [0.15, 0.2) is 42.0 Å². The van der Waals surface area contributed by atoms with Gasteiger partial charge in [0.2, 0.25) is 11.8 Å². The highest BCUT2D eigenvalue weighted by atomic mass is 16.7. The molecule has 11 nitrogen and oxygen atoms in total. The summed E-state index contributed by atoms with van der Waals surface area (Å²) in [6, 6.07) is 5.94. The van der Waals surface area contributed by atoms with Gasteiger partial charge in [0.1, 0.15) is 31.1 Å². The van der Waals surface area contributed by atoms with Crippen LogP contribution in [0.3, 0.4) is 0 Å². The normalized spacial score (nSPS) is 30.4. The molecule has 5 rings (SSSR count). The molecule has 2 heterocycles. The van der Waals surface area contributed by atoms with E-state index in [4.69, 9.17) is 24.1 Å². The standard InChI is InChI=1S/C29H36N2O9/c1-16(33)25(28(35)30-9-10-32)31-27(34)20-13-23-26(38-15-37-23)24(14-20)40-29(36)19-4-2-3-17(11-19)5-6-18-7-8-21-22(12-18)39-21/h2-6,11,13,16,18,21-26,32-33H,7-10,12,14-15H2,1H3,(H,30,35)(H,31,34). The van der Waals surface area contributed by atoms with Gasteiger partial charge in [-0.1, -0.05) is 24.3 Å². The highest BCUT2D eigenvalue weighted by Crippen LogP contribution is 2.40. The molecule has 0 radical (unpaired) electrons. The SMILES string of the molecule is CC(O)C(NC(=O)C1=CC2OCOC2C(OC(=O)c2cccc(C=CC3CCC4OC4C3)c2)C1)C(=O)NCCO. The Hall–Kier alpha value is -3.09. The van der Waals surface area contributed by atoms with Crippen LogP contribution < -0.4 is 10.6 Å². The van der Waals surface area contributed by atoms with Crippen molar-refractivity contribution in [1.29, 1.82) is 0 Å². The molecule has 1 aromatic carbocycles. The van der Waals surface area contributed by atoms with E-state index in [1.165, 1.54) is 6.92 Å². The number of hydrogen-bond acceptors (Lipinski definition) is 9. The monoisotopic (exact) mass is 556 g/mol. The van der Waals surface area contributed by atoms with Crippen molar-refractivity contribution in [3.05, 3.63) is 53.1 Å². The molecule has 8 atom stereocenters. The molecule has 0 aromatic heterocycles. The summed E-state index contributed by atoms with van der Waals surface area (Å²) in [5.74, 6) is -1.31. The Bertz CT molecular complexity index is 1170. The molecule has 3 fully saturated rings. The van der Waals surface area contributed by atoms with E-state index in [1.54, 1.807) is 24.3 Å². The fraction of sp³-hybridized carbons (Fsp3) is 0.552. The first-order chi connectivity index (χ1) is 19.3. The fourth-order valence-electron chi connectivity index (χ4n) is 5.48. The van der Waals surface area contributed by atoms with E-state index in [0.717, 1.165) is 24.8 Å². The molecular formula is C29H36N2O9. The molecule has 2 saturated heterocycles. The highest BCUT2D eigenvalue weighted by molar-refractivity contribution is 5.97. The van der Waals surface area contributed by atoms with Gasteiger partial charge in [-0.05, 0) is 55.9 Å². The third-order valence-electron chi connectivity index (χ3n) is 7.74. The van der Waals surface area contributed by atoms with Crippen molar-refractivity contribution in [1.82, 2.24) is 10.6 Å². The predicted molar refractivity (Wildman–Crippen MR) is 142 cm³/mol. The number of allylic oxidation sites excluding steroid dienone is 1. The second kappa shape index (κ2) is 12.6. The molecule has 8 unspecified atom stereocenters. The average molecular weight is 557 g/mol. The summed E-state index contributed by atoms with van der Waals surface area (Å²) < 4.78 is 22.7. The summed E-state index contributed by atoms with van der Waals surface area (Å²) >= 11 is 0. The lowest BCUT2D eigenvalue weighted by Gasteiger charge is -2.31. The van der Waals surface area contributed by atoms with Crippen molar-refractivity contribution in [2.24, 2.45) is 5.92 Å². The van der Waals surface area contributed by atoms with Gasteiger partial charge in [-0.25, -0.2) is 4.79 Å². The van der Waals surface area contributed by atoms with Crippen LogP contribution in [0.4, 0.5) is 0 Å². The quantitative estimate of drug-likeness (QED) is 0.242. The van der Waals surface area contributed by atoms with Gasteiger partial charge in [-0.15, -0.1) is 0 Å². The summed E-state index contributed by atoms with van der Waals surface area (Å²) in [5.41, 5.74) is 1.51. The van der Waals surface area contributed by atoms with E-state index in [2.05, 4.69) is 16.7 Å². The van der Waals surface area contributed by atoms with Crippen LogP contribution in [-0.4, -0.2) is 90.6 Å². The molecule has 2 amide bonds. The molecule has 40 heavy (non-hydrogen) atoms. The second-order valence-electron chi connectivity index (χ2n) is 10.7. The zero-order valence-electron chi connectivity index (χ0n) is 22.4. The smallest absolute Gasteiger partial charge is 0.338 e. The van der Waals surface area contributed by atoms with Crippen molar-refractivity contribution < 1.29 is 43.5 Å². The summed E-state index contributed by atoms with van der Waals surface area (Å²) in [7, 11) is 0. The molecule has 216 valence electrons. The second-order valence-corrected chi connectivity index (χ2v) is 10.7. The Kier molecular flexibility index (Phi) is 8.97. The number of amides is 2. The van der Waals surface area contributed by atoms with Gasteiger partial charge in [-0.3, -0.25) is 9.59 Å². The van der Waals surface area contributed by atoms with Gasteiger partial charge >= 0.3 is 5.97 Å². The van der Waals surface area contributed by atoms with E-state index in [0.29, 0.717) is 23.7 Å². The number of fused-ring (bicyclic) bond motifs is 2. The number of nitrogens with one attached hydrogen (secondary N) is 2. The van der Waals surface area contributed by atoms with Crippen molar-refractivity contribution in [3.8, 4) is 0 Å². The zero-order valence-corrected chi connectivity index (χ0v) is 22.4. The Morgan fingerprint density at radius 2 is 2.05 bits per heavy atom. The first-order valence-corrected chi connectivity index (χ1v) is 13.8. The molecule has 11 heteroatoms. The van der Waals surface area contributed by atoms with Crippen LogP contribution >= 0.6 is 0 Å². The summed E-state index contributed by atoms with van der Waals surface area (Å²) in [6.07, 6.45) is 6.73. The first kappa shape index (κ1) is 28.4. The fourth-order valence-corrected chi connectivity index (χ4v) is 5.48. The summed E-state index contributed by atoms with van der Waals surface area (Å²) in [6.45, 7) is 1.08. The Morgan fingerprint density at radius 3 is 2.83 bits per heavy atom. The summed E-state index contributed by atoms with van der Waals surface area (Å²) in [4.78, 5) is 38.6. The summed E-state index contributed by atoms with van der Waals surface area (Å²) in [5, 5.41) is 24.0. The maximum absolute atomic E-state index is 13.2. The largest absolute Gasteiger partial charge is 0.456 e. The molecule has 4 aliphatic rings. The molecule has 2 aliphatic heterocycles. The van der Waals surface area contributed by atoms with Gasteiger partial charge in [0.05, 0.1) is 30.5 Å². The number of rotatable bonds is 10. The lowest BCUT2D eigenvalue weighted by molar-refractivity contribution is -0.130. The first-order valence-electron chi connectivity index (χ1n) is 13.8. The third kappa shape index (κ3) is 6.79. The molecule has 1 aromatic rings. The number of ether oxygens (including phenoxy) is 4. The number of aliphatic hydroxyl groups excluding tert-OH is 2. The molecule has 0 bridgehead atoms. The minimum absolute atomic E-state index is 0.0112. The molecule has 0 spiro atoms. The lowest BCUT2D eigenvalue weighted by Crippen LogP contribution is -2.54. The van der Waals surface area contributed by atoms with Gasteiger partial charge in [0.15, 0.2) is 0 Å². The lowest BCUT2D eigenvalue weighted by atomic mass is 9.88. The maximum atomic E-state index is 13.2. The minimum atomic E-state index is -1.23. The van der Waals surface area contributed by atoms with Crippen molar-refractivity contribution in [2.45, 2.75) is 75.3 Å². The average Bonchev–Trinajstić information content (AvgIpc) is 3.57. The number of carbonyl (C=O) groups is 3. The minimum Gasteiger partial charge on any atom is -0.456 e. The van der Waals surface area contributed by atoms with E-state index in [-0.39, 0.29) is 31.9 Å². The van der Waals surface area contributed by atoms with Gasteiger partial charge in [-0.2, -0.15) is 0 Å². The van der Waals surface area contributed by atoms with E-state index in [1.807, 2.05) is 12.1 Å². The van der Waals surface area contributed by atoms with Crippen LogP contribution in [0.2, 0.25) is 0 Å². The molecular weight excluding hydrogens is 520 g/mol. The number of aliphatic hydroxyl groups is 2. The number of carbonyl (C=O) groups excluding carboxylic acids is 3. The van der Waals surface area contributed by atoms with Crippen molar-refractivity contribution >= 4 is 23.9 Å². The Labute approximate surface area is 232 Å². The van der Waals surface area contributed by atoms with Gasteiger partial charge in [0, 0.05) is 18.5 Å². The van der Waals surface area contributed by atoms with Crippen LogP contribution in [-0.2, 0) is 28.5 Å². The number of hydrogen-bond donors (Lipinski definition) is 4. The van der Waals surface area contributed by atoms with E-state index in [9.17, 15) is 19.5 Å². The third-order valence-corrected chi connectivity index (χ3v) is 7.74. The zero-order chi connectivity index (χ0) is 28.2. The Balaban J connectivity index is 1.23. The Morgan fingerprint density at radius 1 is 1.20 bits per heavy atom. The highest BCUT2D eigenvalue weighted by Gasteiger charge is 2.44. The topological polar surface area (TPSA) is 156 Å². The van der Waals surface area contributed by atoms with E-state index >= 15 is 0 Å². The molecule has 2 aliphatic carbocycles. The van der Waals surface area contributed by atoms with Crippen LogP contribution in [0.25, 0.3) is 6.08 Å². The number of benzene rings is 1. The van der Waals surface area contributed by atoms with Crippen molar-refractivity contribution in [2.75, 3.05) is 19.9 Å². The van der Waals surface area contributed by atoms with E-state index < -0.39 is 48.2 Å². The number of esters is 1. The van der Waals surface area contributed by atoms with Gasteiger partial charge < -0.3 is 39.8 Å². The van der Waals surface area contributed by atoms with Crippen LogP contribution in [0.1, 0.15) is 48.5 Å². The molecule has 4 N–H and O–H groups in total.